The number of nitrogens with two attached hydrogens (primary N) is 1. The molecule has 9 nitrogen and oxygen atoms in total. The van der Waals surface area contributed by atoms with Gasteiger partial charge in [0.1, 0.15) is 6.04 Å². The first-order valence-corrected chi connectivity index (χ1v) is 5.84. The highest BCUT2D eigenvalue weighted by Crippen LogP contribution is 2.03. The highest BCUT2D eigenvalue weighted by atomic mass is 16.4. The van der Waals surface area contributed by atoms with E-state index in [1.165, 1.54) is 0 Å². The van der Waals surface area contributed by atoms with E-state index in [2.05, 4.69) is 15.7 Å². The third-order valence-corrected chi connectivity index (χ3v) is 2.56. The fourth-order valence-corrected chi connectivity index (χ4v) is 1.61. The average molecular weight is 283 g/mol. The standard InChI is InChI=1S/C11H17N5O4/c1-6-7(5-16(2)15-6)4-13-11(20)14-8(10(18)19)3-9(12)17/h5,8H,3-4H2,1-2H3,(H2,12,17)(H,18,19)(H2,13,14,20)/t8-/m0/s1. The summed E-state index contributed by atoms with van der Waals surface area (Å²) in [5.74, 6) is -2.13. The van der Waals surface area contributed by atoms with Crippen molar-refractivity contribution < 1.29 is 19.5 Å². The van der Waals surface area contributed by atoms with Gasteiger partial charge in [-0.05, 0) is 6.92 Å². The Morgan fingerprint density at radius 1 is 1.50 bits per heavy atom. The maximum Gasteiger partial charge on any atom is 0.326 e. The summed E-state index contributed by atoms with van der Waals surface area (Å²) in [6.07, 6.45) is 1.28. The number of urea groups is 1. The van der Waals surface area contributed by atoms with Crippen molar-refractivity contribution in [1.82, 2.24) is 20.4 Å². The fourth-order valence-electron chi connectivity index (χ4n) is 1.61. The van der Waals surface area contributed by atoms with Crippen LogP contribution in [0.4, 0.5) is 4.79 Å². The molecule has 0 saturated carbocycles. The molecule has 1 aromatic rings. The number of aromatic nitrogens is 2. The molecule has 0 radical (unpaired) electrons. The number of carboxylic acids is 1. The van der Waals surface area contributed by atoms with E-state index >= 15 is 0 Å². The number of aliphatic carboxylic acids is 1. The second-order valence-electron chi connectivity index (χ2n) is 4.30. The third-order valence-electron chi connectivity index (χ3n) is 2.56. The first kappa shape index (κ1) is 15.5. The minimum atomic E-state index is -1.34. The predicted octanol–water partition coefficient (Wildman–Crippen LogP) is -1.14. The number of nitrogens with one attached hydrogen (secondary N) is 2. The van der Waals surface area contributed by atoms with E-state index in [0.29, 0.717) is 0 Å². The van der Waals surface area contributed by atoms with Gasteiger partial charge in [0.25, 0.3) is 0 Å². The number of aryl methyl sites for hydroxylation is 2. The van der Waals surface area contributed by atoms with Crippen LogP contribution < -0.4 is 16.4 Å². The molecule has 1 atom stereocenters. The lowest BCUT2D eigenvalue weighted by Crippen LogP contribution is -2.47. The lowest BCUT2D eigenvalue weighted by Gasteiger charge is -2.13. The minimum Gasteiger partial charge on any atom is -0.480 e. The molecular weight excluding hydrogens is 266 g/mol. The summed E-state index contributed by atoms with van der Waals surface area (Å²) >= 11 is 0. The minimum absolute atomic E-state index is 0.203. The molecular formula is C11H17N5O4. The first-order chi connectivity index (χ1) is 9.29. The summed E-state index contributed by atoms with van der Waals surface area (Å²) in [6, 6.07) is -2.04. The maximum absolute atomic E-state index is 11.6. The highest BCUT2D eigenvalue weighted by Gasteiger charge is 2.22. The molecule has 0 spiro atoms. The Morgan fingerprint density at radius 2 is 2.15 bits per heavy atom. The highest BCUT2D eigenvalue weighted by molar-refractivity contribution is 5.87. The molecule has 0 aliphatic rings. The average Bonchev–Trinajstić information content (AvgIpc) is 2.63. The van der Waals surface area contributed by atoms with Gasteiger partial charge in [0.05, 0.1) is 12.1 Å². The van der Waals surface area contributed by atoms with Crippen LogP contribution in [0.5, 0.6) is 0 Å². The molecule has 9 heteroatoms. The molecule has 110 valence electrons. The molecule has 0 aliphatic heterocycles. The number of rotatable bonds is 6. The Bertz CT molecular complexity index is 525. The van der Waals surface area contributed by atoms with Gasteiger partial charge in [-0.25, -0.2) is 9.59 Å². The molecule has 0 bridgehead atoms. The van der Waals surface area contributed by atoms with E-state index in [0.717, 1.165) is 11.3 Å². The molecule has 20 heavy (non-hydrogen) atoms. The summed E-state index contributed by atoms with van der Waals surface area (Å²) in [4.78, 5) is 33.1. The number of carbonyl (C=O) groups excluding carboxylic acids is 2. The number of hydrogen-bond acceptors (Lipinski definition) is 4. The van der Waals surface area contributed by atoms with Crippen molar-refractivity contribution in [2.45, 2.75) is 25.9 Å². The number of amides is 3. The largest absolute Gasteiger partial charge is 0.480 e. The molecule has 0 fully saturated rings. The fraction of sp³-hybridized carbons (Fsp3) is 0.455. The van der Waals surface area contributed by atoms with Crippen LogP contribution in [0.1, 0.15) is 17.7 Å². The van der Waals surface area contributed by atoms with Gasteiger partial charge in [-0.15, -0.1) is 0 Å². The van der Waals surface area contributed by atoms with Gasteiger partial charge in [0.2, 0.25) is 5.91 Å². The van der Waals surface area contributed by atoms with Gasteiger partial charge in [-0.2, -0.15) is 5.10 Å². The third kappa shape index (κ3) is 4.59. The zero-order chi connectivity index (χ0) is 15.3. The van der Waals surface area contributed by atoms with E-state index in [1.54, 1.807) is 24.9 Å². The second kappa shape index (κ2) is 6.55. The smallest absolute Gasteiger partial charge is 0.326 e. The van der Waals surface area contributed by atoms with E-state index in [4.69, 9.17) is 10.8 Å². The van der Waals surface area contributed by atoms with Crippen LogP contribution in [0.3, 0.4) is 0 Å². The van der Waals surface area contributed by atoms with E-state index < -0.39 is 30.4 Å². The van der Waals surface area contributed by atoms with Crippen LogP contribution in [-0.2, 0) is 23.2 Å². The van der Waals surface area contributed by atoms with Crippen LogP contribution in [0.15, 0.2) is 6.20 Å². The number of nitrogens with zero attached hydrogens (tertiary/aromatic N) is 2. The van der Waals surface area contributed by atoms with Crippen LogP contribution in [0.25, 0.3) is 0 Å². The normalized spacial score (nSPS) is 11.7. The molecule has 1 rings (SSSR count). The Hall–Kier alpha value is -2.58. The van der Waals surface area contributed by atoms with Crippen molar-refractivity contribution >= 4 is 17.9 Å². The molecule has 3 amide bonds. The van der Waals surface area contributed by atoms with Crippen LogP contribution in [0, 0.1) is 6.92 Å². The summed E-state index contributed by atoms with van der Waals surface area (Å²) in [7, 11) is 1.75. The number of primary amides is 1. The second-order valence-corrected chi connectivity index (χ2v) is 4.30. The van der Waals surface area contributed by atoms with Crippen molar-refractivity contribution in [2.24, 2.45) is 12.8 Å². The SMILES string of the molecule is Cc1nn(C)cc1CNC(=O)N[C@@H](CC(N)=O)C(=O)O. The van der Waals surface area contributed by atoms with Crippen molar-refractivity contribution in [3.8, 4) is 0 Å². The van der Waals surface area contributed by atoms with Crippen molar-refractivity contribution in [2.75, 3.05) is 0 Å². The summed E-state index contributed by atoms with van der Waals surface area (Å²) in [5.41, 5.74) is 6.48. The molecule has 0 saturated heterocycles. The number of hydrogen-bond donors (Lipinski definition) is 4. The van der Waals surface area contributed by atoms with E-state index in [9.17, 15) is 14.4 Å². The predicted molar refractivity (Wildman–Crippen MR) is 68.6 cm³/mol. The van der Waals surface area contributed by atoms with Gasteiger partial charge in [0.15, 0.2) is 0 Å². The molecule has 5 N–H and O–H groups in total. The van der Waals surface area contributed by atoms with Crippen LogP contribution in [0.2, 0.25) is 0 Å². The molecule has 1 aromatic heterocycles. The van der Waals surface area contributed by atoms with Crippen molar-refractivity contribution in [3.05, 3.63) is 17.5 Å². The molecule has 0 aromatic carbocycles. The molecule has 0 unspecified atom stereocenters. The van der Waals surface area contributed by atoms with E-state index in [1.807, 2.05) is 0 Å². The van der Waals surface area contributed by atoms with Gasteiger partial charge in [0, 0.05) is 25.4 Å². The Balaban J connectivity index is 2.52. The summed E-state index contributed by atoms with van der Waals surface area (Å²) in [5, 5.41) is 17.6. The Kier molecular flexibility index (Phi) is 5.07. The Labute approximate surface area is 115 Å². The zero-order valence-electron chi connectivity index (χ0n) is 11.2. The molecule has 1 heterocycles. The lowest BCUT2D eigenvalue weighted by atomic mass is 10.2. The Morgan fingerprint density at radius 3 is 2.60 bits per heavy atom. The lowest BCUT2D eigenvalue weighted by molar-refractivity contribution is -0.140. The van der Waals surface area contributed by atoms with Gasteiger partial charge >= 0.3 is 12.0 Å². The van der Waals surface area contributed by atoms with Crippen molar-refractivity contribution in [3.63, 3.8) is 0 Å². The summed E-state index contributed by atoms with van der Waals surface area (Å²) < 4.78 is 1.61. The van der Waals surface area contributed by atoms with Gasteiger partial charge < -0.3 is 21.5 Å². The van der Waals surface area contributed by atoms with Crippen LogP contribution in [-0.4, -0.2) is 38.8 Å². The summed E-state index contributed by atoms with van der Waals surface area (Å²) in [6.45, 7) is 2.00. The van der Waals surface area contributed by atoms with Crippen molar-refractivity contribution in [1.29, 1.82) is 0 Å². The quantitative estimate of drug-likeness (QED) is 0.522. The zero-order valence-corrected chi connectivity index (χ0v) is 11.2. The molecule has 0 aliphatic carbocycles. The topological polar surface area (TPSA) is 139 Å². The monoisotopic (exact) mass is 283 g/mol. The van der Waals surface area contributed by atoms with E-state index in [-0.39, 0.29) is 6.54 Å². The first-order valence-electron chi connectivity index (χ1n) is 5.84. The van der Waals surface area contributed by atoms with Gasteiger partial charge in [-0.1, -0.05) is 0 Å². The van der Waals surface area contributed by atoms with Crippen LogP contribution >= 0.6 is 0 Å². The maximum atomic E-state index is 11.6. The van der Waals surface area contributed by atoms with Gasteiger partial charge in [-0.3, -0.25) is 9.48 Å². The number of carboxylic acid groups (broad SMARTS) is 1. The number of carbonyl (C=O) groups is 3.